The zero-order valence-electron chi connectivity index (χ0n) is 15.8. The lowest BCUT2D eigenvalue weighted by atomic mass is 10.0. The van der Waals surface area contributed by atoms with Gasteiger partial charge in [-0.25, -0.2) is 0 Å². The molecule has 0 unspecified atom stereocenters. The fourth-order valence-electron chi connectivity index (χ4n) is 2.75. The SMILES string of the molecule is CCCc1c(OCCCSc2ccc(CC#N)cc2)ccc(C(C)=O)c1O. The first-order valence-corrected chi connectivity index (χ1v) is 10.1. The van der Waals surface area contributed by atoms with Gasteiger partial charge in [0.05, 0.1) is 24.7 Å². The Balaban J connectivity index is 1.87. The second kappa shape index (κ2) is 10.6. The summed E-state index contributed by atoms with van der Waals surface area (Å²) in [6.07, 6.45) is 2.84. The lowest BCUT2D eigenvalue weighted by Gasteiger charge is -2.14. The van der Waals surface area contributed by atoms with Gasteiger partial charge in [0.2, 0.25) is 0 Å². The summed E-state index contributed by atoms with van der Waals surface area (Å²) in [6.45, 7) is 4.03. The van der Waals surface area contributed by atoms with Gasteiger partial charge >= 0.3 is 0 Å². The van der Waals surface area contributed by atoms with Gasteiger partial charge in [-0.15, -0.1) is 11.8 Å². The molecule has 0 spiro atoms. The number of phenolic OH excluding ortho intramolecular Hbond substituents is 1. The Labute approximate surface area is 165 Å². The number of thioether (sulfide) groups is 1. The molecule has 0 amide bonds. The van der Waals surface area contributed by atoms with E-state index in [1.54, 1.807) is 23.9 Å². The molecule has 5 heteroatoms. The average Bonchev–Trinajstić information content (AvgIpc) is 2.65. The molecular weight excluding hydrogens is 358 g/mol. The molecule has 142 valence electrons. The van der Waals surface area contributed by atoms with Gasteiger partial charge in [0.25, 0.3) is 0 Å². The second-order valence-electron chi connectivity index (χ2n) is 6.27. The molecule has 4 nitrogen and oxygen atoms in total. The largest absolute Gasteiger partial charge is 0.507 e. The van der Waals surface area contributed by atoms with E-state index in [4.69, 9.17) is 10.00 Å². The van der Waals surface area contributed by atoms with Gasteiger partial charge in [0.15, 0.2) is 5.78 Å². The van der Waals surface area contributed by atoms with Crippen LogP contribution >= 0.6 is 11.8 Å². The molecular formula is C22H25NO3S. The Morgan fingerprint density at radius 3 is 2.59 bits per heavy atom. The molecule has 2 rings (SSSR count). The number of benzene rings is 2. The van der Waals surface area contributed by atoms with Gasteiger partial charge in [-0.2, -0.15) is 5.26 Å². The number of aromatic hydroxyl groups is 1. The first kappa shape index (κ1) is 20.9. The highest BCUT2D eigenvalue weighted by atomic mass is 32.2. The third-order valence-electron chi connectivity index (χ3n) is 4.14. The Morgan fingerprint density at radius 2 is 1.96 bits per heavy atom. The van der Waals surface area contributed by atoms with Crippen LogP contribution in [0.15, 0.2) is 41.3 Å². The first-order valence-electron chi connectivity index (χ1n) is 9.14. The molecule has 0 bridgehead atoms. The van der Waals surface area contributed by atoms with Crippen LogP contribution < -0.4 is 4.74 Å². The van der Waals surface area contributed by atoms with E-state index in [0.717, 1.165) is 24.2 Å². The molecule has 27 heavy (non-hydrogen) atoms. The molecule has 2 aromatic rings. The molecule has 0 aliphatic carbocycles. The number of nitrogens with zero attached hydrogens (tertiary/aromatic N) is 1. The molecule has 0 saturated heterocycles. The van der Waals surface area contributed by atoms with Crippen molar-refractivity contribution in [2.45, 2.75) is 44.4 Å². The zero-order chi connectivity index (χ0) is 19.6. The van der Waals surface area contributed by atoms with E-state index in [-0.39, 0.29) is 11.5 Å². The fraction of sp³-hybridized carbons (Fsp3) is 0.364. The smallest absolute Gasteiger partial charge is 0.163 e. The van der Waals surface area contributed by atoms with Gasteiger partial charge in [-0.1, -0.05) is 25.5 Å². The highest BCUT2D eigenvalue weighted by Gasteiger charge is 2.15. The third kappa shape index (κ3) is 6.04. The summed E-state index contributed by atoms with van der Waals surface area (Å²) in [6, 6.07) is 13.6. The predicted octanol–water partition coefficient (Wildman–Crippen LogP) is 5.17. The Hall–Kier alpha value is -2.45. The molecule has 0 aliphatic heterocycles. The number of hydrogen-bond acceptors (Lipinski definition) is 5. The van der Waals surface area contributed by atoms with Crippen molar-refractivity contribution in [1.29, 1.82) is 5.26 Å². The van der Waals surface area contributed by atoms with Crippen LogP contribution in [0.25, 0.3) is 0 Å². The van der Waals surface area contributed by atoms with Crippen molar-refractivity contribution in [2.24, 2.45) is 0 Å². The molecule has 0 radical (unpaired) electrons. The molecule has 0 aromatic heterocycles. The topological polar surface area (TPSA) is 70.3 Å². The van der Waals surface area contributed by atoms with Crippen molar-refractivity contribution in [3.63, 3.8) is 0 Å². The van der Waals surface area contributed by atoms with Gasteiger partial charge in [0.1, 0.15) is 11.5 Å². The van der Waals surface area contributed by atoms with Crippen molar-refractivity contribution < 1.29 is 14.6 Å². The maximum atomic E-state index is 11.6. The number of ketones is 1. The number of carbonyl (C=O) groups is 1. The number of rotatable bonds is 10. The van der Waals surface area contributed by atoms with Crippen molar-refractivity contribution in [3.05, 3.63) is 53.1 Å². The van der Waals surface area contributed by atoms with Crippen molar-refractivity contribution in [1.82, 2.24) is 0 Å². The van der Waals surface area contributed by atoms with Crippen molar-refractivity contribution in [2.75, 3.05) is 12.4 Å². The summed E-state index contributed by atoms with van der Waals surface area (Å²) < 4.78 is 5.87. The van der Waals surface area contributed by atoms with E-state index in [1.165, 1.54) is 11.8 Å². The van der Waals surface area contributed by atoms with E-state index in [2.05, 4.69) is 6.07 Å². The molecule has 0 aliphatic rings. The monoisotopic (exact) mass is 383 g/mol. The van der Waals surface area contributed by atoms with Gasteiger partial charge in [0, 0.05) is 16.2 Å². The molecule has 1 N–H and O–H groups in total. The molecule has 0 fully saturated rings. The number of ether oxygens (including phenoxy) is 1. The van der Waals surface area contributed by atoms with Crippen LogP contribution in [0.4, 0.5) is 0 Å². The van der Waals surface area contributed by atoms with Gasteiger partial charge < -0.3 is 9.84 Å². The lowest BCUT2D eigenvalue weighted by Crippen LogP contribution is -2.04. The summed E-state index contributed by atoms with van der Waals surface area (Å²) in [5, 5.41) is 19.1. The first-order chi connectivity index (χ1) is 13.1. The van der Waals surface area contributed by atoms with Crippen LogP contribution in [0.3, 0.4) is 0 Å². The number of hydrogen-bond donors (Lipinski definition) is 1. The number of carbonyl (C=O) groups excluding carboxylic acids is 1. The third-order valence-corrected chi connectivity index (χ3v) is 5.24. The highest BCUT2D eigenvalue weighted by Crippen LogP contribution is 2.33. The van der Waals surface area contributed by atoms with Gasteiger partial charge in [-0.3, -0.25) is 4.79 Å². The lowest BCUT2D eigenvalue weighted by molar-refractivity contribution is 0.101. The molecule has 0 saturated carbocycles. The summed E-state index contributed by atoms with van der Waals surface area (Å²) >= 11 is 1.75. The fourth-order valence-corrected chi connectivity index (χ4v) is 3.58. The van der Waals surface area contributed by atoms with Gasteiger partial charge in [-0.05, 0) is 49.6 Å². The number of Topliss-reactive ketones (excluding diaryl/α,β-unsaturated/α-hetero) is 1. The predicted molar refractivity (Wildman–Crippen MR) is 109 cm³/mol. The van der Waals surface area contributed by atoms with E-state index in [0.29, 0.717) is 36.3 Å². The van der Waals surface area contributed by atoms with E-state index >= 15 is 0 Å². The van der Waals surface area contributed by atoms with Crippen LogP contribution in [-0.4, -0.2) is 23.2 Å². The minimum absolute atomic E-state index is 0.0497. The van der Waals surface area contributed by atoms with Crippen LogP contribution in [0.1, 0.15) is 48.2 Å². The molecule has 0 heterocycles. The number of phenols is 1. The Bertz CT molecular complexity index is 810. The van der Waals surface area contributed by atoms with Crippen LogP contribution in [0.2, 0.25) is 0 Å². The van der Waals surface area contributed by atoms with E-state index < -0.39 is 0 Å². The second-order valence-corrected chi connectivity index (χ2v) is 7.44. The summed E-state index contributed by atoms with van der Waals surface area (Å²) in [7, 11) is 0. The van der Waals surface area contributed by atoms with Crippen molar-refractivity contribution >= 4 is 17.5 Å². The quantitative estimate of drug-likeness (QED) is 0.348. The minimum atomic E-state index is -0.145. The van der Waals surface area contributed by atoms with Crippen molar-refractivity contribution in [3.8, 4) is 17.6 Å². The minimum Gasteiger partial charge on any atom is -0.507 e. The van der Waals surface area contributed by atoms with E-state index in [1.807, 2.05) is 31.2 Å². The normalized spacial score (nSPS) is 10.4. The maximum absolute atomic E-state index is 11.6. The van der Waals surface area contributed by atoms with Crippen LogP contribution in [-0.2, 0) is 12.8 Å². The van der Waals surface area contributed by atoms with Crippen LogP contribution in [0.5, 0.6) is 11.5 Å². The average molecular weight is 384 g/mol. The van der Waals surface area contributed by atoms with Crippen LogP contribution in [0, 0.1) is 11.3 Å². The van der Waals surface area contributed by atoms with E-state index in [9.17, 15) is 9.90 Å². The number of nitriles is 1. The summed E-state index contributed by atoms with van der Waals surface area (Å²) in [5.41, 5.74) is 2.09. The summed E-state index contributed by atoms with van der Waals surface area (Å²) in [5.74, 6) is 1.48. The summed E-state index contributed by atoms with van der Waals surface area (Å²) in [4.78, 5) is 12.8. The standard InChI is InChI=1S/C22H25NO3S/c1-3-5-20-21(11-10-19(16(2)24)22(20)25)26-14-4-15-27-18-8-6-17(7-9-18)12-13-23/h6-11,25H,3-5,12,14-15H2,1-2H3. The maximum Gasteiger partial charge on any atom is 0.163 e. The highest BCUT2D eigenvalue weighted by molar-refractivity contribution is 7.99. The molecule has 2 aromatic carbocycles. The molecule has 0 atom stereocenters. The Kier molecular flexibility index (Phi) is 8.22. The Morgan fingerprint density at radius 1 is 1.22 bits per heavy atom. The zero-order valence-corrected chi connectivity index (χ0v) is 16.6.